The van der Waals surface area contributed by atoms with Gasteiger partial charge in [-0.2, -0.15) is 0 Å². The molecule has 5 heteroatoms. The minimum Gasteiger partial charge on any atom is -0.494 e. The highest BCUT2D eigenvalue weighted by molar-refractivity contribution is 6.06. The number of piperazine rings is 1. The van der Waals surface area contributed by atoms with Gasteiger partial charge in [0.2, 0.25) is 11.8 Å². The number of nitrogens with zero attached hydrogens (tertiary/aromatic N) is 1. The zero-order valence-corrected chi connectivity index (χ0v) is 11.5. The number of hydrogen-bond acceptors (Lipinski definition) is 3. The average Bonchev–Trinajstić information content (AvgIpc) is 3.27. The Kier molecular flexibility index (Phi) is 3.34. The largest absolute Gasteiger partial charge is 0.494 e. The van der Waals surface area contributed by atoms with Crippen molar-refractivity contribution >= 4 is 17.5 Å². The fourth-order valence-electron chi connectivity index (χ4n) is 2.53. The fourth-order valence-corrected chi connectivity index (χ4v) is 2.53. The summed E-state index contributed by atoms with van der Waals surface area (Å²) in [5.74, 6) is 0.993. The van der Waals surface area contributed by atoms with Gasteiger partial charge in [-0.05, 0) is 49.9 Å². The zero-order valence-electron chi connectivity index (χ0n) is 11.5. The molecular weight excluding hydrogens is 256 g/mol. The lowest BCUT2D eigenvalue weighted by Gasteiger charge is -2.32. The molecule has 1 atom stereocenters. The third-order valence-corrected chi connectivity index (χ3v) is 3.70. The highest BCUT2D eigenvalue weighted by atomic mass is 16.5. The first-order valence-electron chi connectivity index (χ1n) is 7.02. The Bertz CT molecular complexity index is 522. The molecule has 0 aromatic heterocycles. The van der Waals surface area contributed by atoms with Crippen LogP contribution in [-0.2, 0) is 9.59 Å². The molecule has 0 bridgehead atoms. The number of amides is 2. The molecule has 1 aliphatic heterocycles. The molecule has 20 heavy (non-hydrogen) atoms. The Balaban J connectivity index is 1.80. The van der Waals surface area contributed by atoms with E-state index in [1.54, 1.807) is 4.90 Å². The lowest BCUT2D eigenvalue weighted by molar-refractivity contribution is -0.131. The van der Waals surface area contributed by atoms with Crippen molar-refractivity contribution in [2.45, 2.75) is 25.8 Å². The van der Waals surface area contributed by atoms with Gasteiger partial charge in [-0.15, -0.1) is 0 Å². The van der Waals surface area contributed by atoms with Crippen molar-refractivity contribution in [2.24, 2.45) is 5.92 Å². The minimum absolute atomic E-state index is 0.00346. The maximum Gasteiger partial charge on any atom is 0.250 e. The second kappa shape index (κ2) is 5.15. The smallest absolute Gasteiger partial charge is 0.250 e. The summed E-state index contributed by atoms with van der Waals surface area (Å²) in [4.78, 5) is 25.8. The molecule has 2 fully saturated rings. The maximum atomic E-state index is 12.4. The van der Waals surface area contributed by atoms with Crippen molar-refractivity contribution in [3.8, 4) is 5.75 Å². The number of anilines is 1. The van der Waals surface area contributed by atoms with Gasteiger partial charge in [0, 0.05) is 5.69 Å². The van der Waals surface area contributed by atoms with Crippen LogP contribution in [0.1, 0.15) is 19.8 Å². The Morgan fingerprint density at radius 1 is 1.25 bits per heavy atom. The average molecular weight is 274 g/mol. The van der Waals surface area contributed by atoms with Crippen molar-refractivity contribution in [1.82, 2.24) is 5.32 Å². The predicted octanol–water partition coefficient (Wildman–Crippen LogP) is 1.33. The quantitative estimate of drug-likeness (QED) is 0.901. The summed E-state index contributed by atoms with van der Waals surface area (Å²) < 4.78 is 5.38. The van der Waals surface area contributed by atoms with Crippen LogP contribution in [0.3, 0.4) is 0 Å². The SMILES string of the molecule is CCOc1ccc(N2CC(=O)NC(C3CC3)C2=O)cc1. The number of carbonyl (C=O) groups excluding carboxylic acids is 2. The molecule has 1 saturated heterocycles. The maximum absolute atomic E-state index is 12.4. The van der Waals surface area contributed by atoms with E-state index in [4.69, 9.17) is 4.74 Å². The van der Waals surface area contributed by atoms with E-state index >= 15 is 0 Å². The van der Waals surface area contributed by atoms with Gasteiger partial charge in [0.15, 0.2) is 0 Å². The van der Waals surface area contributed by atoms with Gasteiger partial charge in [0.1, 0.15) is 18.3 Å². The number of rotatable bonds is 4. The standard InChI is InChI=1S/C15H18N2O3/c1-2-20-12-7-5-11(6-8-12)17-9-13(18)16-14(15(17)19)10-3-4-10/h5-8,10,14H,2-4,9H2,1H3,(H,16,18). The Hall–Kier alpha value is -2.04. The molecule has 106 valence electrons. The third kappa shape index (κ3) is 2.48. The van der Waals surface area contributed by atoms with Crippen molar-refractivity contribution in [3.05, 3.63) is 24.3 Å². The summed E-state index contributed by atoms with van der Waals surface area (Å²) in [6.45, 7) is 2.62. The zero-order chi connectivity index (χ0) is 14.1. The second-order valence-electron chi connectivity index (χ2n) is 5.23. The van der Waals surface area contributed by atoms with Crippen LogP contribution in [0.25, 0.3) is 0 Å². The van der Waals surface area contributed by atoms with Gasteiger partial charge in [-0.25, -0.2) is 0 Å². The van der Waals surface area contributed by atoms with Crippen LogP contribution < -0.4 is 15.0 Å². The number of carbonyl (C=O) groups is 2. The number of nitrogens with one attached hydrogen (secondary N) is 1. The monoisotopic (exact) mass is 274 g/mol. The normalized spacial score (nSPS) is 22.6. The molecule has 1 aromatic rings. The van der Waals surface area contributed by atoms with Crippen molar-refractivity contribution in [1.29, 1.82) is 0 Å². The minimum atomic E-state index is -0.345. The Morgan fingerprint density at radius 2 is 1.95 bits per heavy atom. The van der Waals surface area contributed by atoms with E-state index in [9.17, 15) is 9.59 Å². The summed E-state index contributed by atoms with van der Waals surface area (Å²) in [7, 11) is 0. The van der Waals surface area contributed by atoms with Crippen molar-refractivity contribution in [3.63, 3.8) is 0 Å². The Morgan fingerprint density at radius 3 is 2.55 bits per heavy atom. The van der Waals surface area contributed by atoms with E-state index in [0.29, 0.717) is 12.5 Å². The molecule has 3 rings (SSSR count). The Labute approximate surface area is 117 Å². The van der Waals surface area contributed by atoms with Crippen LogP contribution in [0.15, 0.2) is 24.3 Å². The van der Waals surface area contributed by atoms with Crippen LogP contribution in [0.5, 0.6) is 5.75 Å². The molecule has 1 unspecified atom stereocenters. The van der Waals surface area contributed by atoms with E-state index in [1.165, 1.54) is 0 Å². The van der Waals surface area contributed by atoms with Crippen LogP contribution in [0.2, 0.25) is 0 Å². The van der Waals surface area contributed by atoms with E-state index in [2.05, 4.69) is 5.32 Å². The van der Waals surface area contributed by atoms with Gasteiger partial charge in [0.05, 0.1) is 6.61 Å². The summed E-state index contributed by atoms with van der Waals surface area (Å²) in [5.41, 5.74) is 0.749. The first-order valence-corrected chi connectivity index (χ1v) is 7.02. The van der Waals surface area contributed by atoms with E-state index in [0.717, 1.165) is 24.3 Å². The van der Waals surface area contributed by atoms with E-state index in [1.807, 2.05) is 31.2 Å². The molecule has 1 heterocycles. The molecule has 1 N–H and O–H groups in total. The molecule has 0 radical (unpaired) electrons. The molecule has 2 amide bonds. The third-order valence-electron chi connectivity index (χ3n) is 3.70. The second-order valence-corrected chi connectivity index (χ2v) is 5.23. The molecular formula is C15H18N2O3. The van der Waals surface area contributed by atoms with Crippen LogP contribution in [-0.4, -0.2) is 31.0 Å². The number of ether oxygens (including phenoxy) is 1. The van der Waals surface area contributed by atoms with Crippen molar-refractivity contribution < 1.29 is 14.3 Å². The highest BCUT2D eigenvalue weighted by Gasteiger charge is 2.42. The van der Waals surface area contributed by atoms with Crippen molar-refractivity contribution in [2.75, 3.05) is 18.1 Å². The molecule has 1 aromatic carbocycles. The molecule has 0 spiro atoms. The summed E-state index contributed by atoms with van der Waals surface area (Å²) in [5, 5.41) is 2.80. The number of hydrogen-bond donors (Lipinski definition) is 1. The van der Waals surface area contributed by atoms with E-state index < -0.39 is 0 Å². The van der Waals surface area contributed by atoms with Gasteiger partial charge >= 0.3 is 0 Å². The first-order chi connectivity index (χ1) is 9.69. The summed E-state index contributed by atoms with van der Waals surface area (Å²) >= 11 is 0. The lowest BCUT2D eigenvalue weighted by atomic mass is 10.1. The topological polar surface area (TPSA) is 58.6 Å². The molecule has 5 nitrogen and oxygen atoms in total. The van der Waals surface area contributed by atoms with Crippen LogP contribution in [0.4, 0.5) is 5.69 Å². The summed E-state index contributed by atoms with van der Waals surface area (Å²) in [6, 6.07) is 6.95. The van der Waals surface area contributed by atoms with Crippen LogP contribution >= 0.6 is 0 Å². The molecule has 1 saturated carbocycles. The summed E-state index contributed by atoms with van der Waals surface area (Å²) in [6.07, 6.45) is 2.04. The van der Waals surface area contributed by atoms with Gasteiger partial charge in [-0.1, -0.05) is 0 Å². The first kappa shape index (κ1) is 13.0. The highest BCUT2D eigenvalue weighted by Crippen LogP contribution is 2.35. The van der Waals surface area contributed by atoms with Gasteiger partial charge in [-0.3, -0.25) is 9.59 Å². The predicted molar refractivity (Wildman–Crippen MR) is 74.6 cm³/mol. The van der Waals surface area contributed by atoms with E-state index in [-0.39, 0.29) is 24.4 Å². The van der Waals surface area contributed by atoms with Crippen LogP contribution in [0, 0.1) is 5.92 Å². The molecule has 2 aliphatic rings. The van der Waals surface area contributed by atoms with Gasteiger partial charge in [0.25, 0.3) is 0 Å². The van der Waals surface area contributed by atoms with Gasteiger partial charge < -0.3 is 15.0 Å². The fraction of sp³-hybridized carbons (Fsp3) is 0.467. The number of benzene rings is 1. The molecule has 1 aliphatic carbocycles. The lowest BCUT2D eigenvalue weighted by Crippen LogP contribution is -2.59.